The van der Waals surface area contributed by atoms with Gasteiger partial charge >= 0.3 is 0 Å². The standard InChI is InChI=1S/C20H24FN2O.Re/c21-17-12-16-19(13-18(17)22-14-6-2-1-3-7-14)23(11-10-20(16)24)15-8-4-5-9-15;/h11-15,22H,1-9H2;/q-1;. The molecule has 25 heavy (non-hydrogen) atoms. The number of halogens is 1. The van der Waals surface area contributed by atoms with E-state index in [4.69, 9.17) is 0 Å². The van der Waals surface area contributed by atoms with Crippen LogP contribution < -0.4 is 10.7 Å². The monoisotopic (exact) mass is 514 g/mol. The molecule has 2 aromatic rings. The molecule has 0 bridgehead atoms. The minimum absolute atomic E-state index is 0. The number of nitrogens with one attached hydrogen (secondary N) is 1. The van der Waals surface area contributed by atoms with E-state index in [1.807, 2.05) is 6.07 Å². The third-order valence-electron chi connectivity index (χ3n) is 5.63. The van der Waals surface area contributed by atoms with Crippen molar-refractivity contribution in [2.75, 3.05) is 5.32 Å². The second-order valence-electron chi connectivity index (χ2n) is 7.28. The summed E-state index contributed by atoms with van der Waals surface area (Å²) in [6.45, 7) is 0. The molecular weight excluding hydrogens is 489 g/mol. The molecule has 2 fully saturated rings. The van der Waals surface area contributed by atoms with Crippen LogP contribution in [0.25, 0.3) is 10.9 Å². The number of nitrogens with zero attached hydrogens (tertiary/aromatic N) is 1. The first-order valence-corrected chi connectivity index (χ1v) is 9.25. The van der Waals surface area contributed by atoms with Crippen LogP contribution in [0, 0.1) is 11.9 Å². The Labute approximate surface area is 161 Å². The van der Waals surface area contributed by atoms with Gasteiger partial charge in [-0.05, 0) is 37.3 Å². The van der Waals surface area contributed by atoms with Gasteiger partial charge in [-0.15, -0.1) is 5.39 Å². The molecule has 0 unspecified atom stereocenters. The van der Waals surface area contributed by atoms with Gasteiger partial charge in [0.25, 0.3) is 0 Å². The quantitative estimate of drug-likeness (QED) is 0.599. The largest absolute Gasteiger partial charge is 0.380 e. The number of aromatic nitrogens is 1. The van der Waals surface area contributed by atoms with Crippen LogP contribution in [0.4, 0.5) is 10.1 Å². The van der Waals surface area contributed by atoms with Crippen molar-refractivity contribution in [2.45, 2.75) is 69.9 Å². The van der Waals surface area contributed by atoms with Crippen LogP contribution in [0.3, 0.4) is 0 Å². The van der Waals surface area contributed by atoms with Crippen LogP contribution >= 0.6 is 0 Å². The predicted octanol–water partition coefficient (Wildman–Crippen LogP) is 4.80. The second kappa shape index (κ2) is 8.02. The van der Waals surface area contributed by atoms with E-state index in [9.17, 15) is 9.18 Å². The van der Waals surface area contributed by atoms with Gasteiger partial charge in [0.15, 0.2) is 0 Å². The van der Waals surface area contributed by atoms with E-state index in [0.29, 0.717) is 23.2 Å². The van der Waals surface area contributed by atoms with Crippen molar-refractivity contribution >= 4 is 16.6 Å². The Morgan fingerprint density at radius 2 is 1.72 bits per heavy atom. The Morgan fingerprint density at radius 1 is 1.04 bits per heavy atom. The van der Waals surface area contributed by atoms with Crippen LogP contribution in [0.15, 0.2) is 23.1 Å². The summed E-state index contributed by atoms with van der Waals surface area (Å²) in [4.78, 5) is 12.1. The molecule has 135 valence electrons. The summed E-state index contributed by atoms with van der Waals surface area (Å²) in [5, 5.41) is 3.82. The minimum atomic E-state index is -0.331. The van der Waals surface area contributed by atoms with E-state index in [-0.39, 0.29) is 31.7 Å². The summed E-state index contributed by atoms with van der Waals surface area (Å²) in [6.07, 6.45) is 12.3. The number of rotatable bonds is 3. The maximum atomic E-state index is 14.5. The summed E-state index contributed by atoms with van der Waals surface area (Å²) in [7, 11) is 0. The maximum absolute atomic E-state index is 14.5. The van der Waals surface area contributed by atoms with Gasteiger partial charge in [0, 0.05) is 37.9 Å². The van der Waals surface area contributed by atoms with E-state index in [2.05, 4.69) is 16.0 Å². The molecule has 0 spiro atoms. The number of anilines is 1. The summed E-state index contributed by atoms with van der Waals surface area (Å²) in [5.41, 5.74) is 1.15. The van der Waals surface area contributed by atoms with Crippen molar-refractivity contribution in [3.8, 4) is 0 Å². The minimum Gasteiger partial charge on any atom is -0.380 e. The van der Waals surface area contributed by atoms with Gasteiger partial charge in [-0.1, -0.05) is 44.4 Å². The van der Waals surface area contributed by atoms with Crippen LogP contribution in [-0.2, 0) is 20.4 Å². The van der Waals surface area contributed by atoms with E-state index < -0.39 is 0 Å². The fourth-order valence-electron chi connectivity index (χ4n) is 4.29. The van der Waals surface area contributed by atoms with E-state index in [1.54, 1.807) is 6.20 Å². The van der Waals surface area contributed by atoms with E-state index >= 15 is 0 Å². The van der Waals surface area contributed by atoms with Crippen molar-refractivity contribution in [1.82, 2.24) is 4.57 Å². The van der Waals surface area contributed by atoms with Crippen molar-refractivity contribution in [3.05, 3.63) is 40.4 Å². The molecule has 0 aliphatic heterocycles. The molecular formula is C20H24FN2ORe-. The fourth-order valence-corrected chi connectivity index (χ4v) is 4.29. The first-order valence-electron chi connectivity index (χ1n) is 9.25. The molecule has 2 aliphatic rings. The zero-order valence-electron chi connectivity index (χ0n) is 14.4. The molecule has 1 heterocycles. The third-order valence-corrected chi connectivity index (χ3v) is 5.63. The first kappa shape index (κ1) is 18.6. The summed E-state index contributed by atoms with van der Waals surface area (Å²) >= 11 is 0. The molecule has 3 nitrogen and oxygen atoms in total. The van der Waals surface area contributed by atoms with Crippen LogP contribution in [-0.4, -0.2) is 10.6 Å². The molecule has 4 rings (SSSR count). The van der Waals surface area contributed by atoms with Gasteiger partial charge in [0.1, 0.15) is 5.82 Å². The fraction of sp³-hybridized carbons (Fsp3) is 0.550. The SMILES string of the molecule is O=c1[c-]cn(C2CCCC2)c2cc(NC3CCCCC3)c(F)cc12.[Re]. The average molecular weight is 514 g/mol. The average Bonchev–Trinajstić information content (AvgIpc) is 3.12. The summed E-state index contributed by atoms with van der Waals surface area (Å²) < 4.78 is 16.7. The predicted molar refractivity (Wildman–Crippen MR) is 95.0 cm³/mol. The number of hydrogen-bond acceptors (Lipinski definition) is 2. The van der Waals surface area contributed by atoms with Crippen LogP contribution in [0.1, 0.15) is 63.8 Å². The summed E-state index contributed by atoms with van der Waals surface area (Å²) in [6, 6.07) is 6.74. The molecule has 1 aromatic heterocycles. The maximum Gasteiger partial charge on any atom is 0.129 e. The van der Waals surface area contributed by atoms with E-state index in [0.717, 1.165) is 31.2 Å². The second-order valence-corrected chi connectivity index (χ2v) is 7.28. The zero-order valence-corrected chi connectivity index (χ0v) is 17.1. The smallest absolute Gasteiger partial charge is 0.129 e. The molecule has 5 heteroatoms. The van der Waals surface area contributed by atoms with Gasteiger partial charge in [-0.3, -0.25) is 0 Å². The van der Waals surface area contributed by atoms with Crippen molar-refractivity contribution < 1.29 is 24.8 Å². The van der Waals surface area contributed by atoms with Gasteiger partial charge in [-0.25, -0.2) is 4.39 Å². The van der Waals surface area contributed by atoms with Crippen LogP contribution in [0.2, 0.25) is 0 Å². The Balaban J connectivity index is 0.00000182. The number of pyridine rings is 1. The number of hydrogen-bond donors (Lipinski definition) is 1. The summed E-state index contributed by atoms with van der Waals surface area (Å²) in [5.74, 6) is -0.331. The van der Waals surface area contributed by atoms with Crippen molar-refractivity contribution in [3.63, 3.8) is 0 Å². The first-order chi connectivity index (χ1) is 11.7. The van der Waals surface area contributed by atoms with Crippen LogP contribution in [0.5, 0.6) is 0 Å². The van der Waals surface area contributed by atoms with E-state index in [1.165, 1.54) is 38.2 Å². The molecule has 1 N–H and O–H groups in total. The molecule has 2 aliphatic carbocycles. The molecule has 0 saturated heterocycles. The zero-order chi connectivity index (χ0) is 16.5. The molecule has 2 saturated carbocycles. The van der Waals surface area contributed by atoms with Gasteiger partial charge < -0.3 is 14.7 Å². The number of benzene rings is 1. The Bertz CT molecular complexity index is 792. The van der Waals surface area contributed by atoms with Gasteiger partial charge in [0.2, 0.25) is 0 Å². The topological polar surface area (TPSA) is 34.0 Å². The molecule has 1 aromatic carbocycles. The van der Waals surface area contributed by atoms with Gasteiger partial charge in [-0.2, -0.15) is 6.07 Å². The normalized spacial score (nSPS) is 19.1. The molecule has 0 atom stereocenters. The third kappa shape index (κ3) is 3.83. The Hall–Kier alpha value is -1.18. The molecule has 1 radical (unpaired) electrons. The van der Waals surface area contributed by atoms with Gasteiger partial charge in [0.05, 0.1) is 5.69 Å². The molecule has 0 amide bonds. The van der Waals surface area contributed by atoms with Crippen molar-refractivity contribution in [2.24, 2.45) is 0 Å². The number of fused-ring (bicyclic) bond motifs is 1. The Morgan fingerprint density at radius 3 is 2.44 bits per heavy atom. The Kier molecular flexibility index (Phi) is 5.97. The van der Waals surface area contributed by atoms with Crippen molar-refractivity contribution in [1.29, 1.82) is 0 Å².